The van der Waals surface area contributed by atoms with E-state index in [1.165, 1.54) is 31.0 Å². The lowest BCUT2D eigenvalue weighted by Gasteiger charge is -2.26. The second kappa shape index (κ2) is 6.45. The van der Waals surface area contributed by atoms with Crippen LogP contribution in [0.5, 0.6) is 0 Å². The van der Waals surface area contributed by atoms with E-state index in [0.717, 1.165) is 42.9 Å². The van der Waals surface area contributed by atoms with Crippen LogP contribution >= 0.6 is 0 Å². The third-order valence-electron chi connectivity index (χ3n) is 5.54. The lowest BCUT2D eigenvalue weighted by Crippen LogP contribution is -2.36. The summed E-state index contributed by atoms with van der Waals surface area (Å²) in [5.74, 6) is -0.934. The van der Waals surface area contributed by atoms with Gasteiger partial charge in [-0.3, -0.25) is 0 Å². The number of nitrogens with zero attached hydrogens (tertiary/aromatic N) is 1. The largest absolute Gasteiger partial charge is 0.342 e. The van der Waals surface area contributed by atoms with Gasteiger partial charge in [-0.2, -0.15) is 0 Å². The molecule has 0 bridgehead atoms. The van der Waals surface area contributed by atoms with E-state index in [0.29, 0.717) is 24.1 Å². The van der Waals surface area contributed by atoms with Crippen molar-refractivity contribution in [3.05, 3.63) is 35.0 Å². The number of nitrogens with one attached hydrogen (secondary N) is 2. The Hall–Kier alpha value is -1.46. The van der Waals surface area contributed by atoms with Crippen LogP contribution in [-0.2, 0) is 19.5 Å². The highest BCUT2D eigenvalue weighted by atomic mass is 19.1. The minimum absolute atomic E-state index is 0.362. The summed E-state index contributed by atoms with van der Waals surface area (Å²) in [6.45, 7) is 4.70. The SMILES string of the molecule is CC1Cc2c(c3cc(F)cc(F)c3n2CCC2CCCCN2)CN1. The lowest BCUT2D eigenvalue weighted by molar-refractivity contribution is 0.364. The molecule has 0 amide bonds. The van der Waals surface area contributed by atoms with Crippen LogP contribution in [0.2, 0.25) is 0 Å². The van der Waals surface area contributed by atoms with Crippen LogP contribution < -0.4 is 10.6 Å². The van der Waals surface area contributed by atoms with E-state index in [9.17, 15) is 8.78 Å². The Labute approximate surface area is 141 Å². The first-order valence-electron chi connectivity index (χ1n) is 9.09. The molecule has 1 fully saturated rings. The number of aryl methyl sites for hydroxylation is 1. The number of hydrogen-bond acceptors (Lipinski definition) is 2. The maximum atomic E-state index is 14.6. The van der Waals surface area contributed by atoms with E-state index in [-0.39, 0.29) is 0 Å². The molecule has 130 valence electrons. The fourth-order valence-electron chi connectivity index (χ4n) is 4.29. The standard InChI is InChI=1S/C19H25F2N3/c1-12-8-18-16(11-23-12)15-9-13(20)10-17(21)19(15)24(18)7-5-14-4-2-3-6-22-14/h9-10,12,14,22-23H,2-8,11H2,1H3. The maximum absolute atomic E-state index is 14.6. The van der Waals surface area contributed by atoms with Crippen LogP contribution in [0, 0.1) is 11.6 Å². The molecule has 5 heteroatoms. The summed E-state index contributed by atoms with van der Waals surface area (Å²) in [7, 11) is 0. The van der Waals surface area contributed by atoms with Crippen molar-refractivity contribution >= 4 is 10.9 Å². The molecule has 1 aromatic carbocycles. The van der Waals surface area contributed by atoms with Gasteiger partial charge in [-0.1, -0.05) is 6.42 Å². The Morgan fingerprint density at radius 1 is 1.21 bits per heavy atom. The molecule has 2 aromatic rings. The Bertz CT molecular complexity index is 747. The maximum Gasteiger partial charge on any atom is 0.150 e. The number of aromatic nitrogens is 1. The van der Waals surface area contributed by atoms with Crippen molar-refractivity contribution in [3.63, 3.8) is 0 Å². The highest BCUT2D eigenvalue weighted by Gasteiger charge is 2.25. The summed E-state index contributed by atoms with van der Waals surface area (Å²) in [6.07, 6.45) is 5.56. The van der Waals surface area contributed by atoms with Gasteiger partial charge >= 0.3 is 0 Å². The van der Waals surface area contributed by atoms with Crippen LogP contribution in [-0.4, -0.2) is 23.2 Å². The average Bonchev–Trinajstić information content (AvgIpc) is 2.87. The van der Waals surface area contributed by atoms with Gasteiger partial charge in [0.05, 0.1) is 5.52 Å². The third-order valence-corrected chi connectivity index (χ3v) is 5.54. The van der Waals surface area contributed by atoms with Crippen LogP contribution in [0.3, 0.4) is 0 Å². The molecular formula is C19H25F2N3. The zero-order valence-corrected chi connectivity index (χ0v) is 14.2. The highest BCUT2D eigenvalue weighted by molar-refractivity contribution is 5.86. The van der Waals surface area contributed by atoms with Crippen molar-refractivity contribution in [2.75, 3.05) is 6.54 Å². The quantitative estimate of drug-likeness (QED) is 0.900. The topological polar surface area (TPSA) is 29.0 Å². The summed E-state index contributed by atoms with van der Waals surface area (Å²) < 4.78 is 30.4. The molecule has 2 atom stereocenters. The zero-order chi connectivity index (χ0) is 16.7. The highest BCUT2D eigenvalue weighted by Crippen LogP contribution is 2.32. The molecule has 0 aliphatic carbocycles. The van der Waals surface area contributed by atoms with E-state index < -0.39 is 11.6 Å². The van der Waals surface area contributed by atoms with Crippen molar-refractivity contribution in [1.82, 2.24) is 15.2 Å². The fraction of sp³-hybridized carbons (Fsp3) is 0.579. The van der Waals surface area contributed by atoms with E-state index in [4.69, 9.17) is 0 Å². The number of hydrogen-bond donors (Lipinski definition) is 2. The number of piperidine rings is 1. The normalized spacial score (nSPS) is 24.3. The van der Waals surface area contributed by atoms with Gasteiger partial charge in [-0.15, -0.1) is 0 Å². The lowest BCUT2D eigenvalue weighted by atomic mass is 10.0. The number of halogens is 2. The van der Waals surface area contributed by atoms with Crippen molar-refractivity contribution in [2.45, 2.75) is 64.2 Å². The molecule has 3 heterocycles. The van der Waals surface area contributed by atoms with E-state index in [2.05, 4.69) is 22.1 Å². The van der Waals surface area contributed by atoms with E-state index >= 15 is 0 Å². The summed E-state index contributed by atoms with van der Waals surface area (Å²) in [5, 5.41) is 7.71. The molecule has 0 saturated carbocycles. The van der Waals surface area contributed by atoms with Crippen LogP contribution in [0.25, 0.3) is 10.9 Å². The molecule has 3 nitrogen and oxygen atoms in total. The van der Waals surface area contributed by atoms with Gasteiger partial charge in [0, 0.05) is 48.7 Å². The molecule has 24 heavy (non-hydrogen) atoms. The Morgan fingerprint density at radius 2 is 2.08 bits per heavy atom. The van der Waals surface area contributed by atoms with Crippen LogP contribution in [0.1, 0.15) is 43.9 Å². The zero-order valence-electron chi connectivity index (χ0n) is 14.2. The predicted octanol–water partition coefficient (Wildman–Crippen LogP) is 3.49. The molecule has 2 aliphatic heterocycles. The molecule has 2 aliphatic rings. The molecule has 2 unspecified atom stereocenters. The summed E-state index contributed by atoms with van der Waals surface area (Å²) in [5.41, 5.74) is 2.82. The van der Waals surface area contributed by atoms with Crippen molar-refractivity contribution in [2.24, 2.45) is 0 Å². The van der Waals surface area contributed by atoms with Gasteiger partial charge in [-0.05, 0) is 44.4 Å². The first-order valence-corrected chi connectivity index (χ1v) is 9.09. The van der Waals surface area contributed by atoms with E-state index in [1.54, 1.807) is 0 Å². The van der Waals surface area contributed by atoms with Crippen LogP contribution in [0.15, 0.2) is 12.1 Å². The third kappa shape index (κ3) is 2.84. The van der Waals surface area contributed by atoms with Gasteiger partial charge in [0.1, 0.15) is 11.6 Å². The molecule has 0 radical (unpaired) electrons. The van der Waals surface area contributed by atoms with Gasteiger partial charge in [0.25, 0.3) is 0 Å². The van der Waals surface area contributed by atoms with E-state index in [1.807, 2.05) is 0 Å². The smallest absolute Gasteiger partial charge is 0.150 e. The van der Waals surface area contributed by atoms with Crippen LogP contribution in [0.4, 0.5) is 8.78 Å². The average molecular weight is 333 g/mol. The number of benzene rings is 1. The monoisotopic (exact) mass is 333 g/mol. The Balaban J connectivity index is 1.73. The fourth-order valence-corrected chi connectivity index (χ4v) is 4.29. The van der Waals surface area contributed by atoms with Gasteiger partial charge in [0.2, 0.25) is 0 Å². The summed E-state index contributed by atoms with van der Waals surface area (Å²) in [6, 6.07) is 3.38. The summed E-state index contributed by atoms with van der Waals surface area (Å²) >= 11 is 0. The minimum Gasteiger partial charge on any atom is -0.342 e. The molecule has 4 rings (SSSR count). The molecule has 2 N–H and O–H groups in total. The number of rotatable bonds is 3. The molecule has 0 spiro atoms. The Kier molecular flexibility index (Phi) is 4.31. The van der Waals surface area contributed by atoms with Gasteiger partial charge in [0.15, 0.2) is 0 Å². The molecule has 1 aromatic heterocycles. The first kappa shape index (κ1) is 16.0. The van der Waals surface area contributed by atoms with Crippen molar-refractivity contribution in [1.29, 1.82) is 0 Å². The minimum atomic E-state index is -0.493. The molecule has 1 saturated heterocycles. The first-order chi connectivity index (χ1) is 11.6. The second-order valence-corrected chi connectivity index (χ2v) is 7.28. The van der Waals surface area contributed by atoms with Crippen molar-refractivity contribution < 1.29 is 8.78 Å². The Morgan fingerprint density at radius 3 is 2.88 bits per heavy atom. The van der Waals surface area contributed by atoms with Gasteiger partial charge in [-0.25, -0.2) is 8.78 Å². The molecular weight excluding hydrogens is 308 g/mol. The summed E-state index contributed by atoms with van der Waals surface area (Å²) in [4.78, 5) is 0. The predicted molar refractivity (Wildman–Crippen MR) is 92.1 cm³/mol. The van der Waals surface area contributed by atoms with Crippen molar-refractivity contribution in [3.8, 4) is 0 Å². The second-order valence-electron chi connectivity index (χ2n) is 7.28. The number of fused-ring (bicyclic) bond motifs is 3. The van der Waals surface area contributed by atoms with Gasteiger partial charge < -0.3 is 15.2 Å².